The van der Waals surface area contributed by atoms with E-state index in [2.05, 4.69) is 5.32 Å². The van der Waals surface area contributed by atoms with Gasteiger partial charge in [0.15, 0.2) is 5.75 Å². The highest BCUT2D eigenvalue weighted by atomic mass is 35.5. The van der Waals surface area contributed by atoms with Gasteiger partial charge in [-0.2, -0.15) is 0 Å². The molecule has 0 aliphatic carbocycles. The molecular weight excluding hydrogens is 320 g/mol. The number of nitrogens with one attached hydrogen (secondary N) is 1. The van der Waals surface area contributed by atoms with Crippen LogP contribution in [0.1, 0.15) is 0 Å². The second-order valence-corrected chi connectivity index (χ2v) is 5.48. The smallest absolute Gasteiger partial charge is 0.331 e. The topological polar surface area (TPSA) is 78.9 Å². The van der Waals surface area contributed by atoms with E-state index in [9.17, 15) is 14.7 Å². The minimum Gasteiger partial charge on any atom is -0.508 e. The maximum atomic E-state index is 12.2. The summed E-state index contributed by atoms with van der Waals surface area (Å²) >= 11 is 5.97. The molecule has 0 fully saturated rings. The first-order chi connectivity index (χ1) is 11.0. The predicted molar refractivity (Wildman–Crippen MR) is 86.0 cm³/mol. The van der Waals surface area contributed by atoms with Crippen LogP contribution in [0.15, 0.2) is 42.5 Å². The van der Waals surface area contributed by atoms with Gasteiger partial charge in [-0.25, -0.2) is 4.79 Å². The van der Waals surface area contributed by atoms with Gasteiger partial charge in [0.2, 0.25) is 5.91 Å². The zero-order chi connectivity index (χ0) is 16.4. The Balaban J connectivity index is 1.76. The van der Waals surface area contributed by atoms with E-state index in [1.807, 2.05) is 0 Å². The summed E-state index contributed by atoms with van der Waals surface area (Å²) in [7, 11) is 0. The summed E-state index contributed by atoms with van der Waals surface area (Å²) in [6.07, 6.45) is 0. The largest absolute Gasteiger partial charge is 0.508 e. The maximum Gasteiger partial charge on any atom is 0.331 e. The predicted octanol–water partition coefficient (Wildman–Crippen LogP) is 2.41. The Bertz CT molecular complexity index is 778. The van der Waals surface area contributed by atoms with Gasteiger partial charge >= 0.3 is 5.97 Å². The minimum absolute atomic E-state index is 0.0409. The van der Waals surface area contributed by atoms with E-state index in [1.54, 1.807) is 35.2 Å². The molecule has 1 aliphatic rings. The summed E-state index contributed by atoms with van der Waals surface area (Å²) in [6.45, 7) is -0.0844. The number of hydrogen-bond donors (Lipinski definition) is 2. The third kappa shape index (κ3) is 3.54. The van der Waals surface area contributed by atoms with Crippen LogP contribution in [0.4, 0.5) is 11.4 Å². The molecule has 0 radical (unpaired) electrons. The second kappa shape index (κ2) is 6.18. The summed E-state index contributed by atoms with van der Waals surface area (Å²) in [5.41, 5.74) is 1.06. The first-order valence-electron chi connectivity index (χ1n) is 6.85. The van der Waals surface area contributed by atoms with Crippen LogP contribution in [0.25, 0.3) is 0 Å². The van der Waals surface area contributed by atoms with Crippen molar-refractivity contribution in [2.75, 3.05) is 23.3 Å². The van der Waals surface area contributed by atoms with Crippen molar-refractivity contribution in [3.63, 3.8) is 0 Å². The molecule has 0 saturated carbocycles. The molecule has 0 unspecified atom stereocenters. The Morgan fingerprint density at radius 2 is 2.13 bits per heavy atom. The molecule has 0 spiro atoms. The summed E-state index contributed by atoms with van der Waals surface area (Å²) in [6, 6.07) is 11.1. The third-order valence-electron chi connectivity index (χ3n) is 3.27. The molecule has 2 aromatic rings. The van der Waals surface area contributed by atoms with Crippen molar-refractivity contribution < 1.29 is 19.4 Å². The lowest BCUT2D eigenvalue weighted by atomic mass is 10.2. The fourth-order valence-corrected chi connectivity index (χ4v) is 2.48. The molecule has 2 N–H and O–H groups in total. The number of carbonyl (C=O) groups is 2. The summed E-state index contributed by atoms with van der Waals surface area (Å²) in [5.74, 6) is -0.335. The fourth-order valence-electron chi connectivity index (χ4n) is 2.32. The van der Waals surface area contributed by atoms with Crippen molar-refractivity contribution in [2.45, 2.75) is 0 Å². The molecule has 0 bridgehead atoms. The van der Waals surface area contributed by atoms with Crippen molar-refractivity contribution in [1.29, 1.82) is 0 Å². The van der Waals surface area contributed by atoms with E-state index in [0.717, 1.165) is 0 Å². The van der Waals surface area contributed by atoms with Gasteiger partial charge in [-0.1, -0.05) is 17.7 Å². The average molecular weight is 333 g/mol. The first-order valence-corrected chi connectivity index (χ1v) is 7.23. The molecular formula is C16H13ClN2O4. The number of nitrogens with zero attached hydrogens (tertiary/aromatic N) is 1. The molecule has 1 aliphatic heterocycles. The molecule has 1 amide bonds. The van der Waals surface area contributed by atoms with Gasteiger partial charge in [0.1, 0.15) is 12.3 Å². The monoisotopic (exact) mass is 332 g/mol. The first kappa shape index (κ1) is 15.2. The van der Waals surface area contributed by atoms with Gasteiger partial charge in [-0.3, -0.25) is 4.79 Å². The number of fused-ring (bicyclic) bond motifs is 1. The Hall–Kier alpha value is -2.73. The fraction of sp³-hybridized carbons (Fsp3) is 0.125. The van der Waals surface area contributed by atoms with Crippen LogP contribution in [0.5, 0.6) is 11.5 Å². The number of aromatic hydroxyl groups is 1. The van der Waals surface area contributed by atoms with E-state index in [1.165, 1.54) is 12.1 Å². The number of phenols is 1. The lowest BCUT2D eigenvalue weighted by Crippen LogP contribution is -2.41. The standard InChI is InChI=1S/C16H13ClN2O4/c17-10-4-5-14-13(6-10)19(9-16(22)23-14)8-15(21)18-11-2-1-3-12(20)7-11/h1-7,20H,8-9H2,(H,18,21). The summed E-state index contributed by atoms with van der Waals surface area (Å²) < 4.78 is 5.13. The number of phenolic OH excluding ortho intramolecular Hbond substituents is 1. The zero-order valence-electron chi connectivity index (χ0n) is 12.0. The minimum atomic E-state index is -0.440. The Morgan fingerprint density at radius 1 is 1.30 bits per heavy atom. The molecule has 0 saturated heterocycles. The number of anilines is 2. The number of hydrogen-bond acceptors (Lipinski definition) is 5. The molecule has 0 atom stereocenters. The van der Waals surface area contributed by atoms with Crippen LogP contribution in [0.3, 0.4) is 0 Å². The van der Waals surface area contributed by atoms with Gasteiger partial charge in [0.25, 0.3) is 0 Å². The number of rotatable bonds is 3. The van der Waals surface area contributed by atoms with Crippen molar-refractivity contribution >= 4 is 34.9 Å². The van der Waals surface area contributed by atoms with Crippen LogP contribution < -0.4 is 15.0 Å². The molecule has 3 rings (SSSR count). The maximum absolute atomic E-state index is 12.2. The molecule has 0 aromatic heterocycles. The Kier molecular flexibility index (Phi) is 4.08. The number of amides is 1. The second-order valence-electron chi connectivity index (χ2n) is 5.04. The normalized spacial score (nSPS) is 13.3. The van der Waals surface area contributed by atoms with Crippen LogP contribution >= 0.6 is 11.6 Å². The van der Waals surface area contributed by atoms with E-state index < -0.39 is 5.97 Å². The highest BCUT2D eigenvalue weighted by Crippen LogP contribution is 2.34. The molecule has 7 heteroatoms. The highest BCUT2D eigenvalue weighted by molar-refractivity contribution is 6.31. The number of halogens is 1. The molecule has 23 heavy (non-hydrogen) atoms. The Morgan fingerprint density at radius 3 is 2.91 bits per heavy atom. The Labute approximate surface area is 137 Å². The van der Waals surface area contributed by atoms with Gasteiger partial charge in [-0.15, -0.1) is 0 Å². The van der Waals surface area contributed by atoms with Crippen LogP contribution in [-0.4, -0.2) is 30.1 Å². The quantitative estimate of drug-likeness (QED) is 0.666. The lowest BCUT2D eigenvalue weighted by molar-refractivity contribution is -0.133. The summed E-state index contributed by atoms with van der Waals surface area (Å²) in [4.78, 5) is 25.4. The molecule has 2 aromatic carbocycles. The average Bonchev–Trinajstić information content (AvgIpc) is 2.48. The van der Waals surface area contributed by atoms with E-state index in [4.69, 9.17) is 16.3 Å². The highest BCUT2D eigenvalue weighted by Gasteiger charge is 2.25. The molecule has 1 heterocycles. The van der Waals surface area contributed by atoms with Crippen molar-refractivity contribution in [2.24, 2.45) is 0 Å². The van der Waals surface area contributed by atoms with Crippen LogP contribution in [-0.2, 0) is 9.59 Å². The van der Waals surface area contributed by atoms with Crippen molar-refractivity contribution in [3.8, 4) is 11.5 Å². The van der Waals surface area contributed by atoms with Gasteiger partial charge in [0.05, 0.1) is 12.2 Å². The van der Waals surface area contributed by atoms with E-state index >= 15 is 0 Å². The van der Waals surface area contributed by atoms with Crippen LogP contribution in [0, 0.1) is 0 Å². The van der Waals surface area contributed by atoms with Crippen LogP contribution in [0.2, 0.25) is 5.02 Å². The van der Waals surface area contributed by atoms with E-state index in [-0.39, 0.29) is 24.7 Å². The van der Waals surface area contributed by atoms with E-state index in [0.29, 0.717) is 22.1 Å². The van der Waals surface area contributed by atoms with Crippen molar-refractivity contribution in [1.82, 2.24) is 0 Å². The van der Waals surface area contributed by atoms with Gasteiger partial charge < -0.3 is 20.1 Å². The SMILES string of the molecule is O=C(CN1CC(=O)Oc2ccc(Cl)cc21)Nc1cccc(O)c1. The lowest BCUT2D eigenvalue weighted by Gasteiger charge is -2.29. The number of esters is 1. The summed E-state index contributed by atoms with van der Waals surface area (Å²) in [5, 5.41) is 12.6. The number of ether oxygens (including phenoxy) is 1. The molecule has 118 valence electrons. The molecule has 6 nitrogen and oxygen atoms in total. The van der Waals surface area contributed by atoms with Gasteiger partial charge in [0, 0.05) is 16.8 Å². The number of carbonyl (C=O) groups excluding carboxylic acids is 2. The number of benzene rings is 2. The zero-order valence-corrected chi connectivity index (χ0v) is 12.7. The third-order valence-corrected chi connectivity index (χ3v) is 3.50. The van der Waals surface area contributed by atoms with Crippen molar-refractivity contribution in [3.05, 3.63) is 47.5 Å². The van der Waals surface area contributed by atoms with Gasteiger partial charge in [-0.05, 0) is 30.3 Å².